The first-order valence-corrected chi connectivity index (χ1v) is 41.9. The first kappa shape index (κ1) is 92.1. The van der Waals surface area contributed by atoms with Gasteiger partial charge in [0.05, 0.1) is 26.4 Å². The van der Waals surface area contributed by atoms with Crippen molar-refractivity contribution in [2.45, 2.75) is 401 Å². The van der Waals surface area contributed by atoms with Crippen molar-refractivity contribution in [2.24, 2.45) is 17.8 Å². The number of carbonyl (C=O) groups is 4. The van der Waals surface area contributed by atoms with E-state index in [9.17, 15) is 43.2 Å². The first-order valence-electron chi connectivity index (χ1n) is 38.9. The summed E-state index contributed by atoms with van der Waals surface area (Å²) in [6.45, 7) is 11.8. The summed E-state index contributed by atoms with van der Waals surface area (Å²) in [6.07, 6.45) is 51.6. The Labute approximate surface area is 575 Å². The van der Waals surface area contributed by atoms with E-state index >= 15 is 0 Å². The van der Waals surface area contributed by atoms with Crippen molar-refractivity contribution in [1.82, 2.24) is 0 Å². The number of phosphoric ester groups is 2. The zero-order chi connectivity index (χ0) is 69.4. The fourth-order valence-corrected chi connectivity index (χ4v) is 13.0. The van der Waals surface area contributed by atoms with Crippen molar-refractivity contribution in [3.05, 3.63) is 0 Å². The minimum absolute atomic E-state index is 0.104. The van der Waals surface area contributed by atoms with Crippen LogP contribution in [0.5, 0.6) is 0 Å². The van der Waals surface area contributed by atoms with Crippen molar-refractivity contribution in [3.63, 3.8) is 0 Å². The summed E-state index contributed by atoms with van der Waals surface area (Å²) in [5.41, 5.74) is 0. The Morgan fingerprint density at radius 1 is 0.309 bits per heavy atom. The van der Waals surface area contributed by atoms with Gasteiger partial charge in [-0.2, -0.15) is 0 Å². The Kier molecular flexibility index (Phi) is 64.3. The molecule has 0 spiro atoms. The molecule has 0 saturated heterocycles. The van der Waals surface area contributed by atoms with Crippen LogP contribution < -0.4 is 0 Å². The summed E-state index contributed by atoms with van der Waals surface area (Å²) in [7, 11) is -9.91. The summed E-state index contributed by atoms with van der Waals surface area (Å²) >= 11 is 0. The van der Waals surface area contributed by atoms with Crippen LogP contribution in [0.4, 0.5) is 0 Å². The highest BCUT2D eigenvalue weighted by atomic mass is 31.2. The molecule has 0 rings (SSSR count). The average molecular weight is 1380 g/mol. The van der Waals surface area contributed by atoms with Crippen molar-refractivity contribution >= 4 is 39.5 Å². The first-order chi connectivity index (χ1) is 45.3. The molecule has 17 nitrogen and oxygen atoms in total. The van der Waals surface area contributed by atoms with E-state index in [0.717, 1.165) is 108 Å². The van der Waals surface area contributed by atoms with Gasteiger partial charge in [0.15, 0.2) is 12.2 Å². The molecule has 0 aromatic heterocycles. The summed E-state index contributed by atoms with van der Waals surface area (Å²) in [5, 5.41) is 10.6. The average Bonchev–Trinajstić information content (AvgIpc) is 1.52. The molecule has 0 aromatic carbocycles. The van der Waals surface area contributed by atoms with E-state index in [1.54, 1.807) is 0 Å². The molecule has 0 fully saturated rings. The summed E-state index contributed by atoms with van der Waals surface area (Å²) in [4.78, 5) is 72.7. The van der Waals surface area contributed by atoms with Crippen LogP contribution in [0.2, 0.25) is 0 Å². The van der Waals surface area contributed by atoms with E-state index in [1.165, 1.54) is 186 Å². The molecule has 6 atom stereocenters. The van der Waals surface area contributed by atoms with Crippen molar-refractivity contribution < 1.29 is 80.2 Å². The number of aliphatic hydroxyl groups is 1. The Bertz CT molecular complexity index is 1840. The molecule has 0 aliphatic carbocycles. The van der Waals surface area contributed by atoms with Gasteiger partial charge in [0.2, 0.25) is 0 Å². The second-order valence-electron chi connectivity index (χ2n) is 28.2. The predicted octanol–water partition coefficient (Wildman–Crippen LogP) is 21.8. The third-order valence-electron chi connectivity index (χ3n) is 17.7. The highest BCUT2D eigenvalue weighted by Crippen LogP contribution is 2.45. The molecule has 0 aromatic rings. The molecule has 3 unspecified atom stereocenters. The molecule has 0 saturated carbocycles. The number of rotatable bonds is 73. The van der Waals surface area contributed by atoms with E-state index in [-0.39, 0.29) is 25.7 Å². The van der Waals surface area contributed by atoms with E-state index in [0.29, 0.717) is 31.6 Å². The molecule has 0 aliphatic rings. The number of unbranched alkanes of at least 4 members (excludes halogenated alkanes) is 40. The van der Waals surface area contributed by atoms with Gasteiger partial charge in [-0.3, -0.25) is 37.3 Å². The van der Waals surface area contributed by atoms with Crippen molar-refractivity contribution in [3.8, 4) is 0 Å². The van der Waals surface area contributed by atoms with Crippen LogP contribution in [0.3, 0.4) is 0 Å². The highest BCUT2D eigenvalue weighted by Gasteiger charge is 2.30. The van der Waals surface area contributed by atoms with Crippen LogP contribution in [0, 0.1) is 17.8 Å². The summed E-state index contributed by atoms with van der Waals surface area (Å²) < 4.78 is 68.4. The second-order valence-corrected chi connectivity index (χ2v) is 31.1. The van der Waals surface area contributed by atoms with E-state index in [2.05, 4.69) is 48.5 Å². The fraction of sp³-hybridized carbons (Fsp3) is 0.947. The van der Waals surface area contributed by atoms with Crippen molar-refractivity contribution in [1.29, 1.82) is 0 Å². The number of hydrogen-bond acceptors (Lipinski definition) is 15. The largest absolute Gasteiger partial charge is 0.472 e. The molecule has 0 amide bonds. The van der Waals surface area contributed by atoms with Crippen LogP contribution in [-0.2, 0) is 65.4 Å². The topological polar surface area (TPSA) is 237 Å². The molecule has 0 heterocycles. The molecular formula is C75H146O17P2. The standard InChI is InChI=1S/C75H146O17P2/c1-8-10-11-12-13-14-15-16-17-18-19-20-21-22-23-24-29-35-44-51-58-74(79)91-70(62-85-72(77)56-49-42-34-28-26-25-27-32-39-46-53-66(3)4)64-89-93(81,82)87-60-69(76)61-88-94(83,84)90-65-71(63-86-73(78)57-50-43-38-37-40-47-54-67(5)6)92-75(80)59-52-45-36-31-30-33-41-48-55-68(7)9-2/h66-71,76H,8-65H2,1-7H3,(H,81,82)(H,83,84)/t68?,69-,70-,71-/m1/s1. The Balaban J connectivity index is 5.21. The van der Waals surface area contributed by atoms with Gasteiger partial charge in [-0.15, -0.1) is 0 Å². The molecule has 19 heteroatoms. The van der Waals surface area contributed by atoms with Crippen LogP contribution >= 0.6 is 15.6 Å². The Morgan fingerprint density at radius 3 is 0.809 bits per heavy atom. The van der Waals surface area contributed by atoms with Crippen molar-refractivity contribution in [2.75, 3.05) is 39.6 Å². The lowest BCUT2D eigenvalue weighted by Crippen LogP contribution is -2.30. The molecule has 558 valence electrons. The lowest BCUT2D eigenvalue weighted by Gasteiger charge is -2.21. The Morgan fingerprint density at radius 2 is 0.543 bits per heavy atom. The molecule has 3 N–H and O–H groups in total. The number of aliphatic hydroxyl groups excluding tert-OH is 1. The fourth-order valence-electron chi connectivity index (χ4n) is 11.4. The van der Waals surface area contributed by atoms with Crippen LogP contribution in [0.1, 0.15) is 382 Å². The maximum Gasteiger partial charge on any atom is 0.472 e. The summed E-state index contributed by atoms with van der Waals surface area (Å²) in [6, 6.07) is 0. The van der Waals surface area contributed by atoms with Gasteiger partial charge in [0, 0.05) is 25.7 Å². The number of esters is 4. The SMILES string of the molecule is CCCCCCCCCCCCCCCCCCCCCCC(=O)O[C@H](COC(=O)CCCCCCCCCCCCC(C)C)COP(=O)(O)OC[C@@H](O)COP(=O)(O)OC[C@@H](COC(=O)CCCCCCCCC(C)C)OC(=O)CCCCCCCCCCC(C)CC. The number of hydrogen-bond donors (Lipinski definition) is 3. The third-order valence-corrected chi connectivity index (χ3v) is 19.6. The van der Waals surface area contributed by atoms with Gasteiger partial charge in [-0.05, 0) is 43.4 Å². The Hall–Kier alpha value is -1.94. The molecule has 0 aliphatic heterocycles. The zero-order valence-corrected chi connectivity index (χ0v) is 63.2. The molecule has 0 radical (unpaired) electrons. The van der Waals surface area contributed by atoms with Gasteiger partial charge >= 0.3 is 39.5 Å². The molecule has 0 bridgehead atoms. The van der Waals surface area contributed by atoms with Crippen LogP contribution in [-0.4, -0.2) is 96.7 Å². The zero-order valence-electron chi connectivity index (χ0n) is 61.4. The monoisotopic (exact) mass is 1380 g/mol. The van der Waals surface area contributed by atoms with E-state index in [4.69, 9.17) is 37.0 Å². The van der Waals surface area contributed by atoms with E-state index < -0.39 is 97.5 Å². The van der Waals surface area contributed by atoms with Gasteiger partial charge in [-0.25, -0.2) is 9.13 Å². The minimum atomic E-state index is -4.96. The quantitative estimate of drug-likeness (QED) is 0.0222. The maximum absolute atomic E-state index is 13.1. The number of ether oxygens (including phenoxy) is 4. The van der Waals surface area contributed by atoms with Gasteiger partial charge in [0.1, 0.15) is 19.3 Å². The normalized spacial score (nSPS) is 14.4. The van der Waals surface area contributed by atoms with E-state index in [1.807, 2.05) is 0 Å². The van der Waals surface area contributed by atoms with Gasteiger partial charge in [-0.1, -0.05) is 331 Å². The molecule has 94 heavy (non-hydrogen) atoms. The predicted molar refractivity (Wildman–Crippen MR) is 381 cm³/mol. The van der Waals surface area contributed by atoms with Gasteiger partial charge < -0.3 is 33.8 Å². The summed E-state index contributed by atoms with van der Waals surface area (Å²) in [5.74, 6) is 0.0834. The third kappa shape index (κ3) is 67.3. The lowest BCUT2D eigenvalue weighted by atomic mass is 9.99. The van der Waals surface area contributed by atoms with Crippen LogP contribution in [0.25, 0.3) is 0 Å². The number of phosphoric acid groups is 2. The maximum atomic E-state index is 13.1. The molecular weight excluding hydrogens is 1230 g/mol. The second kappa shape index (κ2) is 65.7. The highest BCUT2D eigenvalue weighted by molar-refractivity contribution is 7.47. The lowest BCUT2D eigenvalue weighted by molar-refractivity contribution is -0.161. The van der Waals surface area contributed by atoms with Gasteiger partial charge in [0.25, 0.3) is 0 Å². The minimum Gasteiger partial charge on any atom is -0.462 e. The van der Waals surface area contributed by atoms with Crippen LogP contribution in [0.15, 0.2) is 0 Å². The number of carbonyl (C=O) groups excluding carboxylic acids is 4. The smallest absolute Gasteiger partial charge is 0.462 e.